The van der Waals surface area contributed by atoms with Crippen LogP contribution in [0.5, 0.6) is 0 Å². The molecular formula is C14H18N2O2. The number of likely N-dealkylation sites (tertiary alicyclic amines) is 1. The van der Waals surface area contributed by atoms with Crippen molar-refractivity contribution in [1.29, 1.82) is 0 Å². The van der Waals surface area contributed by atoms with E-state index in [2.05, 4.69) is 5.32 Å². The molecule has 96 valence electrons. The van der Waals surface area contributed by atoms with Crippen molar-refractivity contribution in [2.24, 2.45) is 0 Å². The predicted molar refractivity (Wildman–Crippen MR) is 68.1 cm³/mol. The fourth-order valence-electron chi connectivity index (χ4n) is 2.68. The highest BCUT2D eigenvalue weighted by molar-refractivity contribution is 5.94. The molecule has 0 spiro atoms. The van der Waals surface area contributed by atoms with Gasteiger partial charge in [-0.1, -0.05) is 6.07 Å². The number of rotatable bonds is 1. The maximum Gasteiger partial charge on any atom is 0.253 e. The van der Waals surface area contributed by atoms with Crippen LogP contribution in [-0.2, 0) is 13.1 Å². The van der Waals surface area contributed by atoms with E-state index in [1.807, 2.05) is 23.1 Å². The number of carbonyl (C=O) groups is 1. The molecule has 1 aromatic rings. The van der Waals surface area contributed by atoms with E-state index in [0.717, 1.165) is 18.7 Å². The Balaban J connectivity index is 1.76. The van der Waals surface area contributed by atoms with Gasteiger partial charge < -0.3 is 15.3 Å². The average Bonchev–Trinajstić information content (AvgIpc) is 2.86. The van der Waals surface area contributed by atoms with Crippen LogP contribution in [0, 0.1) is 0 Å². The molecule has 0 atom stereocenters. The van der Waals surface area contributed by atoms with E-state index in [1.165, 1.54) is 11.1 Å². The molecule has 2 aliphatic heterocycles. The lowest BCUT2D eigenvalue weighted by atomic mass is 10.0. The van der Waals surface area contributed by atoms with Crippen LogP contribution < -0.4 is 5.32 Å². The fraction of sp³-hybridized carbons (Fsp3) is 0.500. The Hall–Kier alpha value is -1.39. The first-order valence-electron chi connectivity index (χ1n) is 6.54. The number of aliphatic hydroxyl groups is 1. The number of nitrogens with one attached hydrogen (secondary N) is 1. The second-order valence-electron chi connectivity index (χ2n) is 5.11. The van der Waals surface area contributed by atoms with Gasteiger partial charge in [-0.2, -0.15) is 0 Å². The number of piperidine rings is 1. The van der Waals surface area contributed by atoms with Crippen molar-refractivity contribution in [3.05, 3.63) is 34.9 Å². The Bertz CT molecular complexity index is 465. The number of nitrogens with zero attached hydrogens (tertiary/aromatic N) is 1. The molecule has 1 saturated heterocycles. The first kappa shape index (κ1) is 11.7. The standard InChI is InChI=1S/C14H18N2O2/c17-13-3-5-16(6-4-13)14(18)10-1-2-11-8-15-9-12(11)7-10/h1-2,7,13,15,17H,3-6,8-9H2. The van der Waals surface area contributed by atoms with E-state index in [0.29, 0.717) is 25.9 Å². The molecule has 2 N–H and O–H groups in total. The average molecular weight is 246 g/mol. The molecule has 1 fully saturated rings. The third-order valence-corrected chi connectivity index (χ3v) is 3.84. The van der Waals surface area contributed by atoms with Gasteiger partial charge in [0.15, 0.2) is 0 Å². The molecular weight excluding hydrogens is 228 g/mol. The lowest BCUT2D eigenvalue weighted by Gasteiger charge is -2.29. The zero-order valence-corrected chi connectivity index (χ0v) is 10.4. The van der Waals surface area contributed by atoms with Crippen molar-refractivity contribution >= 4 is 5.91 Å². The van der Waals surface area contributed by atoms with Gasteiger partial charge in [0.25, 0.3) is 5.91 Å². The van der Waals surface area contributed by atoms with Gasteiger partial charge in [0.2, 0.25) is 0 Å². The van der Waals surface area contributed by atoms with Crippen LogP contribution in [0.25, 0.3) is 0 Å². The summed E-state index contributed by atoms with van der Waals surface area (Å²) in [4.78, 5) is 14.2. The zero-order valence-electron chi connectivity index (χ0n) is 10.4. The van der Waals surface area contributed by atoms with Crippen molar-refractivity contribution in [1.82, 2.24) is 10.2 Å². The highest BCUT2D eigenvalue weighted by Gasteiger charge is 2.23. The Kier molecular flexibility index (Phi) is 3.06. The van der Waals surface area contributed by atoms with Crippen LogP contribution in [0.15, 0.2) is 18.2 Å². The zero-order chi connectivity index (χ0) is 12.5. The summed E-state index contributed by atoms with van der Waals surface area (Å²) in [5, 5.41) is 12.7. The SMILES string of the molecule is O=C(c1ccc2c(c1)CNC2)N1CCC(O)CC1. The Morgan fingerprint density at radius 3 is 2.72 bits per heavy atom. The summed E-state index contributed by atoms with van der Waals surface area (Å²) < 4.78 is 0. The third-order valence-electron chi connectivity index (χ3n) is 3.84. The van der Waals surface area contributed by atoms with E-state index >= 15 is 0 Å². The van der Waals surface area contributed by atoms with Gasteiger partial charge in [-0.25, -0.2) is 0 Å². The molecule has 18 heavy (non-hydrogen) atoms. The molecule has 3 rings (SSSR count). The first-order chi connectivity index (χ1) is 8.74. The van der Waals surface area contributed by atoms with Gasteiger partial charge in [0, 0.05) is 31.7 Å². The fourth-order valence-corrected chi connectivity index (χ4v) is 2.68. The molecule has 0 bridgehead atoms. The minimum Gasteiger partial charge on any atom is -0.393 e. The maximum atomic E-state index is 12.3. The number of aliphatic hydroxyl groups excluding tert-OH is 1. The summed E-state index contributed by atoms with van der Waals surface area (Å²) in [6, 6.07) is 5.96. The van der Waals surface area contributed by atoms with E-state index < -0.39 is 0 Å². The number of hydrogen-bond acceptors (Lipinski definition) is 3. The van der Waals surface area contributed by atoms with Crippen molar-refractivity contribution < 1.29 is 9.90 Å². The van der Waals surface area contributed by atoms with E-state index in [4.69, 9.17) is 0 Å². The van der Waals surface area contributed by atoms with E-state index in [-0.39, 0.29) is 12.0 Å². The molecule has 4 nitrogen and oxygen atoms in total. The summed E-state index contributed by atoms with van der Waals surface area (Å²) in [7, 11) is 0. The number of amides is 1. The summed E-state index contributed by atoms with van der Waals surface area (Å²) in [5.74, 6) is 0.0941. The minimum atomic E-state index is -0.238. The molecule has 2 heterocycles. The molecule has 1 amide bonds. The normalized spacial score (nSPS) is 19.9. The lowest BCUT2D eigenvalue weighted by molar-refractivity contribution is 0.0546. The van der Waals surface area contributed by atoms with Gasteiger partial charge in [-0.3, -0.25) is 4.79 Å². The van der Waals surface area contributed by atoms with Crippen molar-refractivity contribution in [2.75, 3.05) is 13.1 Å². The number of benzene rings is 1. The first-order valence-corrected chi connectivity index (χ1v) is 6.54. The van der Waals surface area contributed by atoms with Crippen LogP contribution in [0.3, 0.4) is 0 Å². The monoisotopic (exact) mass is 246 g/mol. The summed E-state index contributed by atoms with van der Waals surface area (Å²) in [6.07, 6.45) is 1.15. The van der Waals surface area contributed by atoms with Crippen LogP contribution in [0.4, 0.5) is 0 Å². The molecule has 0 aliphatic carbocycles. The predicted octanol–water partition coefficient (Wildman–Crippen LogP) is 0.887. The maximum absolute atomic E-state index is 12.3. The van der Waals surface area contributed by atoms with E-state index in [1.54, 1.807) is 0 Å². The highest BCUT2D eigenvalue weighted by atomic mass is 16.3. The second-order valence-corrected chi connectivity index (χ2v) is 5.11. The Morgan fingerprint density at radius 1 is 1.22 bits per heavy atom. The molecule has 0 radical (unpaired) electrons. The third kappa shape index (κ3) is 2.13. The molecule has 2 aliphatic rings. The largest absolute Gasteiger partial charge is 0.393 e. The number of carbonyl (C=O) groups excluding carboxylic acids is 1. The number of fused-ring (bicyclic) bond motifs is 1. The molecule has 4 heteroatoms. The van der Waals surface area contributed by atoms with Crippen molar-refractivity contribution in [3.63, 3.8) is 0 Å². The summed E-state index contributed by atoms with van der Waals surface area (Å²) in [5.41, 5.74) is 3.30. The van der Waals surface area contributed by atoms with Crippen LogP contribution >= 0.6 is 0 Å². The highest BCUT2D eigenvalue weighted by Crippen LogP contribution is 2.19. The summed E-state index contributed by atoms with van der Waals surface area (Å²) in [6.45, 7) is 3.08. The Labute approximate surface area is 107 Å². The van der Waals surface area contributed by atoms with Gasteiger partial charge in [0.05, 0.1) is 6.10 Å². The molecule has 0 unspecified atom stereocenters. The minimum absolute atomic E-state index is 0.0941. The molecule has 0 aromatic heterocycles. The smallest absolute Gasteiger partial charge is 0.253 e. The number of hydrogen-bond donors (Lipinski definition) is 2. The van der Waals surface area contributed by atoms with Gasteiger partial charge in [0.1, 0.15) is 0 Å². The Morgan fingerprint density at radius 2 is 1.94 bits per heavy atom. The van der Waals surface area contributed by atoms with E-state index in [9.17, 15) is 9.90 Å². The summed E-state index contributed by atoms with van der Waals surface area (Å²) >= 11 is 0. The molecule has 1 aromatic carbocycles. The van der Waals surface area contributed by atoms with Gasteiger partial charge >= 0.3 is 0 Å². The second kappa shape index (κ2) is 4.71. The quantitative estimate of drug-likeness (QED) is 0.773. The van der Waals surface area contributed by atoms with Gasteiger partial charge in [-0.15, -0.1) is 0 Å². The van der Waals surface area contributed by atoms with Crippen LogP contribution in [-0.4, -0.2) is 35.1 Å². The molecule has 0 saturated carbocycles. The van der Waals surface area contributed by atoms with Crippen molar-refractivity contribution in [3.8, 4) is 0 Å². The van der Waals surface area contributed by atoms with Crippen LogP contribution in [0.1, 0.15) is 34.3 Å². The van der Waals surface area contributed by atoms with Crippen molar-refractivity contribution in [2.45, 2.75) is 32.0 Å². The van der Waals surface area contributed by atoms with Crippen LogP contribution in [0.2, 0.25) is 0 Å². The topological polar surface area (TPSA) is 52.6 Å². The van der Waals surface area contributed by atoms with Gasteiger partial charge in [-0.05, 0) is 36.1 Å². The lowest BCUT2D eigenvalue weighted by Crippen LogP contribution is -2.40.